The van der Waals surface area contributed by atoms with Crippen LogP contribution in [0.15, 0.2) is 48.7 Å². The summed E-state index contributed by atoms with van der Waals surface area (Å²) in [5, 5.41) is 3.34. The van der Waals surface area contributed by atoms with Crippen LogP contribution in [0, 0.1) is 5.82 Å². The Balaban J connectivity index is 1.84. The van der Waals surface area contributed by atoms with Gasteiger partial charge >= 0.3 is 0 Å². The summed E-state index contributed by atoms with van der Waals surface area (Å²) in [6.07, 6.45) is 0.964. The first kappa shape index (κ1) is 16.4. The molecule has 0 saturated carbocycles. The molecule has 0 radical (unpaired) electrons. The summed E-state index contributed by atoms with van der Waals surface area (Å²) in [4.78, 5) is 3.91. The lowest BCUT2D eigenvalue weighted by Crippen LogP contribution is -2.35. The number of benzene rings is 1. The minimum atomic E-state index is -0.379. The van der Waals surface area contributed by atoms with Gasteiger partial charge in [0.15, 0.2) is 0 Å². The number of aromatic nitrogens is 1. The molecule has 1 N–H and O–H groups in total. The van der Waals surface area contributed by atoms with Crippen molar-refractivity contribution >= 4 is 0 Å². The molecule has 1 aromatic carbocycles. The summed E-state index contributed by atoms with van der Waals surface area (Å²) in [6.45, 7) is 4.38. The first-order chi connectivity index (χ1) is 10.8. The molecule has 0 amide bonds. The Kier molecular flexibility index (Phi) is 6.80. The molecular weight excluding hydrogens is 283 g/mol. The summed E-state index contributed by atoms with van der Waals surface area (Å²) in [5.41, 5.74) is 1.21. The van der Waals surface area contributed by atoms with Crippen LogP contribution in [0.5, 0.6) is 5.88 Å². The maximum absolute atomic E-state index is 12.9. The van der Waals surface area contributed by atoms with Crippen LogP contribution in [0.1, 0.15) is 12.5 Å². The lowest BCUT2D eigenvalue weighted by Gasteiger charge is -2.19. The second kappa shape index (κ2) is 9.12. The molecule has 1 aromatic heterocycles. The normalized spacial score (nSPS) is 12.1. The number of hydrogen-bond acceptors (Lipinski definition) is 4. The van der Waals surface area contributed by atoms with Gasteiger partial charge in [-0.3, -0.25) is 0 Å². The SMILES string of the molecule is CCOCC(CNCc1ccccc1)Oc1ccc(F)cn1. The highest BCUT2D eigenvalue weighted by atomic mass is 19.1. The van der Waals surface area contributed by atoms with Crippen molar-refractivity contribution in [2.45, 2.75) is 19.6 Å². The fourth-order valence-electron chi connectivity index (χ4n) is 1.96. The zero-order valence-corrected chi connectivity index (χ0v) is 12.7. The maximum Gasteiger partial charge on any atom is 0.213 e. The van der Waals surface area contributed by atoms with E-state index in [9.17, 15) is 4.39 Å². The van der Waals surface area contributed by atoms with Crippen molar-refractivity contribution in [3.05, 3.63) is 60.0 Å². The van der Waals surface area contributed by atoms with Crippen LogP contribution in [0.25, 0.3) is 0 Å². The van der Waals surface area contributed by atoms with Crippen LogP contribution < -0.4 is 10.1 Å². The van der Waals surface area contributed by atoms with Gasteiger partial charge in [-0.2, -0.15) is 0 Å². The standard InChI is InChI=1S/C17H21FN2O2/c1-2-21-13-16(22-17-9-8-15(18)11-20-17)12-19-10-14-6-4-3-5-7-14/h3-9,11,16,19H,2,10,12-13H2,1H3. The van der Waals surface area contributed by atoms with Crippen LogP contribution in [-0.4, -0.2) is 30.8 Å². The Morgan fingerprint density at radius 2 is 2.00 bits per heavy atom. The van der Waals surface area contributed by atoms with Crippen LogP contribution in [0.2, 0.25) is 0 Å². The Morgan fingerprint density at radius 3 is 2.68 bits per heavy atom. The molecule has 0 bridgehead atoms. The topological polar surface area (TPSA) is 43.4 Å². The zero-order valence-electron chi connectivity index (χ0n) is 12.7. The van der Waals surface area contributed by atoms with Gasteiger partial charge in [-0.15, -0.1) is 0 Å². The number of pyridine rings is 1. The Morgan fingerprint density at radius 1 is 1.18 bits per heavy atom. The van der Waals surface area contributed by atoms with Crippen molar-refractivity contribution in [3.8, 4) is 5.88 Å². The van der Waals surface area contributed by atoms with Gasteiger partial charge in [0.2, 0.25) is 5.88 Å². The van der Waals surface area contributed by atoms with Crippen molar-refractivity contribution < 1.29 is 13.9 Å². The van der Waals surface area contributed by atoms with Crippen LogP contribution >= 0.6 is 0 Å². The predicted molar refractivity (Wildman–Crippen MR) is 83.3 cm³/mol. The highest BCUT2D eigenvalue weighted by Gasteiger charge is 2.11. The van der Waals surface area contributed by atoms with Gasteiger partial charge in [0.05, 0.1) is 12.8 Å². The number of halogens is 1. The molecule has 0 aliphatic heterocycles. The maximum atomic E-state index is 12.9. The van der Waals surface area contributed by atoms with Crippen LogP contribution in [0.4, 0.5) is 4.39 Å². The highest BCUT2D eigenvalue weighted by Crippen LogP contribution is 2.09. The summed E-state index contributed by atoms with van der Waals surface area (Å²) >= 11 is 0. The van der Waals surface area contributed by atoms with E-state index in [1.165, 1.54) is 17.7 Å². The van der Waals surface area contributed by atoms with Gasteiger partial charge in [-0.25, -0.2) is 9.37 Å². The monoisotopic (exact) mass is 304 g/mol. The molecule has 4 nitrogen and oxygen atoms in total. The van der Waals surface area contributed by atoms with Gasteiger partial charge in [-0.05, 0) is 18.6 Å². The molecule has 2 aromatic rings. The largest absolute Gasteiger partial charge is 0.471 e. The third-order valence-electron chi connectivity index (χ3n) is 3.04. The van der Waals surface area contributed by atoms with Crippen molar-refractivity contribution in [1.29, 1.82) is 0 Å². The summed E-state index contributed by atoms with van der Waals surface area (Å²) in [5.74, 6) is 0.0172. The third kappa shape index (κ3) is 5.79. The first-order valence-electron chi connectivity index (χ1n) is 7.38. The van der Waals surface area contributed by atoms with Gasteiger partial charge < -0.3 is 14.8 Å². The van der Waals surface area contributed by atoms with Gasteiger partial charge in [0.25, 0.3) is 0 Å². The number of rotatable bonds is 9. The smallest absolute Gasteiger partial charge is 0.213 e. The average Bonchev–Trinajstić information content (AvgIpc) is 2.55. The zero-order chi connectivity index (χ0) is 15.6. The molecule has 118 valence electrons. The fraction of sp³-hybridized carbons (Fsp3) is 0.353. The predicted octanol–water partition coefficient (Wildman–Crippen LogP) is 2.79. The first-order valence-corrected chi connectivity index (χ1v) is 7.38. The van der Waals surface area contributed by atoms with E-state index < -0.39 is 0 Å². The lowest BCUT2D eigenvalue weighted by molar-refractivity contribution is 0.0539. The molecular formula is C17H21FN2O2. The Labute approximate surface area is 130 Å². The Bertz CT molecular complexity index is 534. The van der Waals surface area contributed by atoms with Crippen LogP contribution in [0.3, 0.4) is 0 Å². The second-order valence-electron chi connectivity index (χ2n) is 4.83. The molecule has 0 spiro atoms. The van der Waals surface area contributed by atoms with E-state index in [4.69, 9.17) is 9.47 Å². The van der Waals surface area contributed by atoms with Crippen molar-refractivity contribution in [3.63, 3.8) is 0 Å². The van der Waals surface area contributed by atoms with E-state index in [0.717, 1.165) is 12.7 Å². The van der Waals surface area contributed by atoms with Gasteiger partial charge in [0.1, 0.15) is 11.9 Å². The molecule has 1 unspecified atom stereocenters. The van der Waals surface area contributed by atoms with E-state index >= 15 is 0 Å². The molecule has 0 aliphatic carbocycles. The quantitative estimate of drug-likeness (QED) is 0.773. The number of ether oxygens (including phenoxy) is 2. The third-order valence-corrected chi connectivity index (χ3v) is 3.04. The minimum Gasteiger partial charge on any atom is -0.471 e. The van der Waals surface area contributed by atoms with Crippen LogP contribution in [-0.2, 0) is 11.3 Å². The van der Waals surface area contributed by atoms with Crippen molar-refractivity contribution in [2.75, 3.05) is 19.8 Å². The number of nitrogens with one attached hydrogen (secondary N) is 1. The van der Waals surface area contributed by atoms with Crippen molar-refractivity contribution in [1.82, 2.24) is 10.3 Å². The van der Waals surface area contributed by atoms with E-state index in [1.807, 2.05) is 25.1 Å². The van der Waals surface area contributed by atoms with E-state index in [-0.39, 0.29) is 11.9 Å². The van der Waals surface area contributed by atoms with Gasteiger partial charge in [0, 0.05) is 25.8 Å². The molecule has 1 atom stereocenters. The molecule has 0 fully saturated rings. The molecule has 0 aliphatic rings. The molecule has 5 heteroatoms. The van der Waals surface area contributed by atoms with E-state index in [1.54, 1.807) is 0 Å². The molecule has 2 rings (SSSR count). The fourth-order valence-corrected chi connectivity index (χ4v) is 1.96. The Hall–Kier alpha value is -1.98. The molecule has 1 heterocycles. The minimum absolute atomic E-state index is 0.179. The molecule has 22 heavy (non-hydrogen) atoms. The summed E-state index contributed by atoms with van der Waals surface area (Å²) in [6, 6.07) is 13.0. The van der Waals surface area contributed by atoms with Crippen molar-refractivity contribution in [2.24, 2.45) is 0 Å². The summed E-state index contributed by atoms with van der Waals surface area (Å²) < 4.78 is 24.0. The summed E-state index contributed by atoms with van der Waals surface area (Å²) in [7, 11) is 0. The number of nitrogens with zero attached hydrogens (tertiary/aromatic N) is 1. The second-order valence-corrected chi connectivity index (χ2v) is 4.83. The average molecular weight is 304 g/mol. The lowest BCUT2D eigenvalue weighted by atomic mass is 10.2. The molecule has 0 saturated heterocycles. The van der Waals surface area contributed by atoms with E-state index in [2.05, 4.69) is 22.4 Å². The highest BCUT2D eigenvalue weighted by molar-refractivity contribution is 5.14. The van der Waals surface area contributed by atoms with Gasteiger partial charge in [-0.1, -0.05) is 30.3 Å². The van der Waals surface area contributed by atoms with E-state index in [0.29, 0.717) is 25.6 Å². The number of hydrogen-bond donors (Lipinski definition) is 1.